The molecule has 1 aliphatic heterocycles. The van der Waals surface area contributed by atoms with Crippen molar-refractivity contribution in [2.75, 3.05) is 19.8 Å². The van der Waals surface area contributed by atoms with Crippen LogP contribution >= 0.6 is 0 Å². The highest BCUT2D eigenvalue weighted by Crippen LogP contribution is 2.44. The van der Waals surface area contributed by atoms with Gasteiger partial charge in [-0.1, -0.05) is 136 Å². The molecule has 348 valence electrons. The summed E-state index contributed by atoms with van der Waals surface area (Å²) in [7, 11) is -3.15. The van der Waals surface area contributed by atoms with E-state index in [9.17, 15) is 28.8 Å². The van der Waals surface area contributed by atoms with Gasteiger partial charge < -0.3 is 38.2 Å². The van der Waals surface area contributed by atoms with Crippen LogP contribution in [-0.2, 0) is 56.8 Å². The van der Waals surface area contributed by atoms with Crippen LogP contribution in [0.2, 0.25) is 5.04 Å². The molecule has 0 bridgehead atoms. The maximum absolute atomic E-state index is 14.1. The predicted octanol–water partition coefficient (Wildman–Crippen LogP) is 6.11. The van der Waals surface area contributed by atoms with Crippen molar-refractivity contribution in [1.82, 2.24) is 5.32 Å². The van der Waals surface area contributed by atoms with Crippen LogP contribution in [0.1, 0.15) is 71.9 Å². The van der Waals surface area contributed by atoms with Gasteiger partial charge in [-0.2, -0.15) is 0 Å². The number of carbonyl (C=O) groups is 6. The van der Waals surface area contributed by atoms with Crippen LogP contribution in [0.3, 0.4) is 0 Å². The molecule has 1 saturated heterocycles. The molecule has 0 saturated carbocycles. The molecule has 1 aliphatic carbocycles. The molecule has 15 heteroatoms. The third-order valence-electron chi connectivity index (χ3n) is 11.5. The van der Waals surface area contributed by atoms with E-state index in [0.29, 0.717) is 0 Å². The van der Waals surface area contributed by atoms with Crippen molar-refractivity contribution < 1.29 is 61.6 Å². The van der Waals surface area contributed by atoms with Crippen molar-refractivity contribution in [3.63, 3.8) is 0 Å². The summed E-state index contributed by atoms with van der Waals surface area (Å²) in [4.78, 5) is 76.9. The van der Waals surface area contributed by atoms with Crippen LogP contribution in [-0.4, -0.2) is 100 Å². The van der Waals surface area contributed by atoms with Gasteiger partial charge in [-0.15, -0.1) is 0 Å². The number of alkyl carbamates (subject to hydrolysis) is 1. The number of amides is 1. The number of fused-ring (bicyclic) bond motifs is 3. The first-order chi connectivity index (χ1) is 31.5. The Morgan fingerprint density at radius 2 is 1.11 bits per heavy atom. The van der Waals surface area contributed by atoms with Gasteiger partial charge >= 0.3 is 30.0 Å². The first-order valence-electron chi connectivity index (χ1n) is 21.9. The Morgan fingerprint density at radius 1 is 0.621 bits per heavy atom. The molecule has 1 N–H and O–H groups in total. The summed E-state index contributed by atoms with van der Waals surface area (Å²) in [6.07, 6.45) is -5.13. The van der Waals surface area contributed by atoms with E-state index < -0.39 is 98.7 Å². The number of hydrogen-bond donors (Lipinski definition) is 1. The van der Waals surface area contributed by atoms with Crippen LogP contribution in [0, 0.1) is 0 Å². The first kappa shape index (κ1) is 49.0. The monoisotopic (exact) mass is 919 g/mol. The molecule has 0 aromatic heterocycles. The van der Waals surface area contributed by atoms with Gasteiger partial charge in [0.2, 0.25) is 0 Å². The van der Waals surface area contributed by atoms with Crippen molar-refractivity contribution in [2.24, 2.45) is 0 Å². The predicted molar refractivity (Wildman–Crippen MR) is 246 cm³/mol. The van der Waals surface area contributed by atoms with E-state index in [1.807, 2.05) is 97.1 Å². The Balaban J connectivity index is 1.30. The Kier molecular flexibility index (Phi) is 16.1. The molecule has 4 aromatic rings. The number of benzene rings is 4. The number of esters is 4. The maximum Gasteiger partial charge on any atom is 0.407 e. The zero-order valence-electron chi connectivity index (χ0n) is 38.2. The standard InChI is InChI=1S/C51H57NO13Si/c1-32(53)59-31-46-48(63-34(3)55)49(64-35(4)56)47(62-33(2)54)45(65-46)28-37(57)27-26-36(29-61-66(51(5,6)7,38-18-10-8-11-19-38)39-20-12-9-13-21-39)52-50(58)60-30-44-42-24-16-14-22-40(42)41-23-15-17-25-43(41)44/h8-27,36,44-49H,28-31H2,1-7H3,(H,52,58)/b27-26+/t36-,45-,46-,47+,48-,49-/m1/s1. The quantitative estimate of drug-likeness (QED) is 0.0556. The van der Waals surface area contributed by atoms with Gasteiger partial charge in [-0.25, -0.2) is 4.79 Å². The third kappa shape index (κ3) is 11.7. The highest BCUT2D eigenvalue weighted by atomic mass is 28.4. The largest absolute Gasteiger partial charge is 0.463 e. The number of nitrogens with one attached hydrogen (secondary N) is 1. The van der Waals surface area contributed by atoms with E-state index in [0.717, 1.165) is 53.4 Å². The Hall–Kier alpha value is -6.42. The molecule has 0 spiro atoms. The van der Waals surface area contributed by atoms with Crippen LogP contribution in [0.15, 0.2) is 121 Å². The normalized spacial score (nSPS) is 19.7. The fourth-order valence-corrected chi connectivity index (χ4v) is 13.5. The van der Waals surface area contributed by atoms with E-state index in [1.165, 1.54) is 19.1 Å². The van der Waals surface area contributed by atoms with Gasteiger partial charge in [-0.3, -0.25) is 24.0 Å². The van der Waals surface area contributed by atoms with Crippen LogP contribution < -0.4 is 15.7 Å². The molecule has 1 fully saturated rings. The maximum atomic E-state index is 14.1. The molecule has 6 atom stereocenters. The summed E-state index contributed by atoms with van der Waals surface area (Å²) in [5.74, 6) is -3.77. The summed E-state index contributed by atoms with van der Waals surface area (Å²) < 4.78 is 41.1. The second-order valence-corrected chi connectivity index (χ2v) is 21.6. The third-order valence-corrected chi connectivity index (χ3v) is 16.6. The van der Waals surface area contributed by atoms with Crippen molar-refractivity contribution in [3.05, 3.63) is 132 Å². The summed E-state index contributed by atoms with van der Waals surface area (Å²) in [5.41, 5.74) is 4.25. The number of ether oxygens (including phenoxy) is 6. The highest BCUT2D eigenvalue weighted by Gasteiger charge is 2.53. The molecule has 2 aliphatic rings. The Bertz CT molecular complexity index is 2310. The summed E-state index contributed by atoms with van der Waals surface area (Å²) in [6.45, 7) is 10.5. The molecule has 66 heavy (non-hydrogen) atoms. The average Bonchev–Trinajstić information content (AvgIpc) is 3.59. The first-order valence-corrected chi connectivity index (χ1v) is 23.8. The SMILES string of the molecule is CC(=O)OC[C@H]1O[C@H](CC(=O)/C=C/[C@H](CO[Si](c2ccccc2)(c2ccccc2)C(C)(C)C)NC(=O)OCC2c3ccccc3-c3ccccc32)[C@H](OC(C)=O)[C@@H](OC(C)=O)[C@@H]1OC(C)=O. The van der Waals surface area contributed by atoms with Crippen molar-refractivity contribution in [3.8, 4) is 11.1 Å². The number of rotatable bonds is 17. The average molecular weight is 920 g/mol. The molecule has 0 unspecified atom stereocenters. The van der Waals surface area contributed by atoms with E-state index in [2.05, 4.69) is 38.2 Å². The van der Waals surface area contributed by atoms with Crippen molar-refractivity contribution in [2.45, 2.75) is 102 Å². The van der Waals surface area contributed by atoms with Gasteiger partial charge in [0.25, 0.3) is 8.32 Å². The molecule has 0 radical (unpaired) electrons. The van der Waals surface area contributed by atoms with Crippen LogP contribution in [0.4, 0.5) is 4.79 Å². The fourth-order valence-electron chi connectivity index (χ4n) is 8.89. The van der Waals surface area contributed by atoms with Gasteiger partial charge in [0.15, 0.2) is 24.1 Å². The van der Waals surface area contributed by atoms with E-state index in [1.54, 1.807) is 0 Å². The van der Waals surface area contributed by atoms with E-state index >= 15 is 0 Å². The summed E-state index contributed by atoms with van der Waals surface area (Å²) >= 11 is 0. The number of hydrogen-bond acceptors (Lipinski definition) is 13. The smallest absolute Gasteiger partial charge is 0.407 e. The lowest BCUT2D eigenvalue weighted by Gasteiger charge is -2.44. The van der Waals surface area contributed by atoms with Gasteiger partial charge in [0.1, 0.15) is 25.4 Å². The van der Waals surface area contributed by atoms with Crippen LogP contribution in [0.5, 0.6) is 0 Å². The molecule has 1 amide bonds. The summed E-state index contributed by atoms with van der Waals surface area (Å²) in [6, 6.07) is 35.1. The number of carbonyl (C=O) groups excluding carboxylic acids is 6. The minimum Gasteiger partial charge on any atom is -0.463 e. The number of ketones is 1. The number of allylic oxidation sites excluding steroid dienone is 1. The second kappa shape index (κ2) is 21.7. The molecule has 4 aromatic carbocycles. The minimum atomic E-state index is -3.15. The van der Waals surface area contributed by atoms with E-state index in [4.69, 9.17) is 32.8 Å². The van der Waals surface area contributed by atoms with Crippen molar-refractivity contribution >= 4 is 54.4 Å². The lowest BCUT2D eigenvalue weighted by molar-refractivity contribution is -0.252. The molecular weight excluding hydrogens is 863 g/mol. The lowest BCUT2D eigenvalue weighted by atomic mass is 9.91. The van der Waals surface area contributed by atoms with Crippen LogP contribution in [0.25, 0.3) is 11.1 Å². The second-order valence-electron chi connectivity index (χ2n) is 17.3. The lowest BCUT2D eigenvalue weighted by Crippen LogP contribution is -2.67. The molecule has 6 rings (SSSR count). The van der Waals surface area contributed by atoms with Crippen molar-refractivity contribution in [1.29, 1.82) is 0 Å². The van der Waals surface area contributed by atoms with E-state index in [-0.39, 0.29) is 19.1 Å². The summed E-state index contributed by atoms with van der Waals surface area (Å²) in [5, 5.41) is 4.53. The minimum absolute atomic E-state index is 0.0493. The molecule has 14 nitrogen and oxygen atoms in total. The fraction of sp³-hybridized carbons (Fsp3) is 0.373. The Labute approximate surface area is 386 Å². The zero-order valence-corrected chi connectivity index (χ0v) is 39.2. The van der Waals surface area contributed by atoms with Gasteiger partial charge in [-0.05, 0) is 43.7 Å². The van der Waals surface area contributed by atoms with Gasteiger partial charge in [0.05, 0.1) is 12.6 Å². The van der Waals surface area contributed by atoms with Gasteiger partial charge in [0, 0.05) is 40.0 Å². The zero-order chi connectivity index (χ0) is 47.6. The molecule has 1 heterocycles. The highest BCUT2D eigenvalue weighted by molar-refractivity contribution is 6.99. The molecular formula is C51H57NO13Si. The topological polar surface area (TPSA) is 179 Å². The Morgan fingerprint density at radius 3 is 1.61 bits per heavy atom.